The third-order valence-electron chi connectivity index (χ3n) is 3.26. The van der Waals surface area contributed by atoms with Gasteiger partial charge in [0.05, 0.1) is 24.0 Å². The van der Waals surface area contributed by atoms with Crippen LogP contribution in [0.4, 0.5) is 0 Å². The van der Waals surface area contributed by atoms with Gasteiger partial charge >= 0.3 is 0 Å². The lowest BCUT2D eigenvalue weighted by molar-refractivity contribution is -0.134. The van der Waals surface area contributed by atoms with Crippen LogP contribution in [0, 0.1) is 0 Å². The minimum absolute atomic E-state index is 0.0643. The van der Waals surface area contributed by atoms with Gasteiger partial charge in [0.15, 0.2) is 0 Å². The molecule has 1 aliphatic heterocycles. The average molecular weight is 320 g/mol. The number of pyridine rings is 1. The third kappa shape index (κ3) is 3.45. The molecule has 1 fully saturated rings. The highest BCUT2D eigenvalue weighted by atomic mass is 32.2. The van der Waals surface area contributed by atoms with E-state index in [-0.39, 0.29) is 11.2 Å². The molecule has 1 saturated heterocycles. The van der Waals surface area contributed by atoms with Gasteiger partial charge in [-0.1, -0.05) is 11.8 Å². The minimum Gasteiger partial charge on any atom is -0.411 e. The molecule has 3 rings (SSSR count). The van der Waals surface area contributed by atoms with Gasteiger partial charge in [0, 0.05) is 25.5 Å². The number of morpholine rings is 1. The van der Waals surface area contributed by atoms with Crippen molar-refractivity contribution < 1.29 is 13.9 Å². The molecule has 2 aromatic rings. The summed E-state index contributed by atoms with van der Waals surface area (Å²) in [7, 11) is 0. The van der Waals surface area contributed by atoms with Crippen molar-refractivity contribution in [1.29, 1.82) is 0 Å². The Balaban J connectivity index is 1.63. The number of amides is 1. The summed E-state index contributed by atoms with van der Waals surface area (Å²) >= 11 is 1.27. The molecule has 0 radical (unpaired) electrons. The van der Waals surface area contributed by atoms with Crippen molar-refractivity contribution in [3.63, 3.8) is 0 Å². The second-order valence-electron chi connectivity index (χ2n) is 4.81. The molecule has 3 heterocycles. The number of hydrogen-bond acceptors (Lipinski definition) is 7. The highest BCUT2D eigenvalue weighted by Gasteiger charge is 2.25. The highest BCUT2D eigenvalue weighted by Crippen LogP contribution is 2.26. The number of nitrogens with zero attached hydrogens (tertiary/aromatic N) is 4. The Kier molecular flexibility index (Phi) is 4.69. The predicted octanol–water partition coefficient (Wildman–Crippen LogP) is 1.47. The van der Waals surface area contributed by atoms with Gasteiger partial charge in [-0.2, -0.15) is 0 Å². The summed E-state index contributed by atoms with van der Waals surface area (Å²) in [4.78, 5) is 18.1. The maximum Gasteiger partial charge on any atom is 0.277 e. The molecule has 22 heavy (non-hydrogen) atoms. The molecule has 0 saturated carbocycles. The van der Waals surface area contributed by atoms with E-state index in [9.17, 15) is 4.79 Å². The first-order valence-corrected chi connectivity index (χ1v) is 7.89. The predicted molar refractivity (Wildman–Crippen MR) is 80.2 cm³/mol. The largest absolute Gasteiger partial charge is 0.411 e. The van der Waals surface area contributed by atoms with E-state index in [1.807, 2.05) is 13.0 Å². The number of rotatable bonds is 4. The molecule has 116 valence electrons. The van der Waals surface area contributed by atoms with Gasteiger partial charge in [-0.15, -0.1) is 10.2 Å². The van der Waals surface area contributed by atoms with Crippen molar-refractivity contribution in [3.05, 3.63) is 24.5 Å². The fourth-order valence-electron chi connectivity index (χ4n) is 2.11. The SMILES string of the molecule is C[C@@H](Sc1nnc(-c2cccnc2)o1)C(=O)N1CCOCC1. The molecule has 0 N–H and O–H groups in total. The van der Waals surface area contributed by atoms with Crippen LogP contribution in [0.25, 0.3) is 11.5 Å². The van der Waals surface area contributed by atoms with E-state index in [1.165, 1.54) is 11.8 Å². The molecule has 7 nitrogen and oxygen atoms in total. The Morgan fingerprint density at radius 2 is 2.18 bits per heavy atom. The van der Waals surface area contributed by atoms with Crippen LogP contribution >= 0.6 is 11.8 Å². The van der Waals surface area contributed by atoms with Crippen LogP contribution in [-0.2, 0) is 9.53 Å². The van der Waals surface area contributed by atoms with Crippen LogP contribution in [0.2, 0.25) is 0 Å². The normalized spacial score (nSPS) is 16.5. The summed E-state index contributed by atoms with van der Waals surface area (Å²) in [5.74, 6) is 0.469. The molecule has 8 heteroatoms. The number of hydrogen-bond donors (Lipinski definition) is 0. The summed E-state index contributed by atoms with van der Waals surface area (Å²) in [6.07, 6.45) is 3.34. The first-order valence-electron chi connectivity index (χ1n) is 7.01. The fraction of sp³-hybridized carbons (Fsp3) is 0.429. The Labute approximate surface area is 132 Å². The zero-order valence-corrected chi connectivity index (χ0v) is 13.0. The second kappa shape index (κ2) is 6.89. The van der Waals surface area contributed by atoms with Crippen LogP contribution in [0.1, 0.15) is 6.92 Å². The Morgan fingerprint density at radius 3 is 2.91 bits per heavy atom. The van der Waals surface area contributed by atoms with Gasteiger partial charge in [-0.05, 0) is 19.1 Å². The molecule has 0 aliphatic carbocycles. The van der Waals surface area contributed by atoms with Crippen molar-refractivity contribution in [2.24, 2.45) is 0 Å². The standard InChI is InChI=1S/C14H16N4O3S/c1-10(13(19)18-5-7-20-8-6-18)22-14-17-16-12(21-14)11-3-2-4-15-9-11/h2-4,9-10H,5-8H2,1H3/t10-/m1/s1. The van der Waals surface area contributed by atoms with Crippen LogP contribution in [-0.4, -0.2) is 57.5 Å². The third-order valence-corrected chi connectivity index (χ3v) is 4.18. The Bertz CT molecular complexity index is 628. The smallest absolute Gasteiger partial charge is 0.277 e. The van der Waals surface area contributed by atoms with Crippen molar-refractivity contribution in [3.8, 4) is 11.5 Å². The molecule has 0 spiro atoms. The molecular formula is C14H16N4O3S. The molecule has 1 atom stereocenters. The molecule has 0 aromatic carbocycles. The number of carbonyl (C=O) groups excluding carboxylic acids is 1. The Hall–Kier alpha value is -1.93. The summed E-state index contributed by atoms with van der Waals surface area (Å²) in [6.45, 7) is 4.29. The van der Waals surface area contributed by atoms with E-state index < -0.39 is 0 Å². The van der Waals surface area contributed by atoms with Crippen molar-refractivity contribution >= 4 is 17.7 Å². The lowest BCUT2D eigenvalue weighted by atomic mass is 10.3. The topological polar surface area (TPSA) is 81.3 Å². The highest BCUT2D eigenvalue weighted by molar-refractivity contribution is 8.00. The van der Waals surface area contributed by atoms with Gasteiger partial charge < -0.3 is 14.1 Å². The second-order valence-corrected chi connectivity index (χ2v) is 6.10. The molecule has 1 amide bonds. The van der Waals surface area contributed by atoms with Gasteiger partial charge in [0.2, 0.25) is 11.8 Å². The number of ether oxygens (including phenoxy) is 1. The van der Waals surface area contributed by atoms with Crippen molar-refractivity contribution in [1.82, 2.24) is 20.1 Å². The van der Waals surface area contributed by atoms with E-state index in [2.05, 4.69) is 15.2 Å². The number of aromatic nitrogens is 3. The minimum atomic E-state index is -0.278. The van der Waals surface area contributed by atoms with Crippen LogP contribution in [0.15, 0.2) is 34.2 Å². The Morgan fingerprint density at radius 1 is 1.36 bits per heavy atom. The number of thioether (sulfide) groups is 1. The molecule has 2 aromatic heterocycles. The first kappa shape index (κ1) is 15.0. The van der Waals surface area contributed by atoms with Crippen LogP contribution < -0.4 is 0 Å². The van der Waals surface area contributed by atoms with E-state index in [0.29, 0.717) is 37.4 Å². The zero-order chi connectivity index (χ0) is 15.4. The van der Waals surface area contributed by atoms with E-state index >= 15 is 0 Å². The monoisotopic (exact) mass is 320 g/mol. The fourth-order valence-corrected chi connectivity index (χ4v) is 2.87. The quantitative estimate of drug-likeness (QED) is 0.789. The zero-order valence-electron chi connectivity index (χ0n) is 12.1. The molecule has 0 bridgehead atoms. The van der Waals surface area contributed by atoms with E-state index in [4.69, 9.17) is 9.15 Å². The first-order chi connectivity index (χ1) is 10.7. The average Bonchev–Trinajstić information content (AvgIpc) is 3.04. The summed E-state index contributed by atoms with van der Waals surface area (Å²) in [5, 5.41) is 8.08. The van der Waals surface area contributed by atoms with Gasteiger partial charge in [0.25, 0.3) is 5.22 Å². The van der Waals surface area contributed by atoms with Crippen LogP contribution in [0.5, 0.6) is 0 Å². The summed E-state index contributed by atoms with van der Waals surface area (Å²) in [5.41, 5.74) is 0.758. The number of carbonyl (C=O) groups is 1. The van der Waals surface area contributed by atoms with E-state index in [1.54, 1.807) is 23.4 Å². The van der Waals surface area contributed by atoms with E-state index in [0.717, 1.165) is 5.56 Å². The van der Waals surface area contributed by atoms with Gasteiger partial charge in [-0.3, -0.25) is 9.78 Å². The molecule has 1 aliphatic rings. The van der Waals surface area contributed by atoms with Crippen LogP contribution in [0.3, 0.4) is 0 Å². The molecular weight excluding hydrogens is 304 g/mol. The molecule has 0 unspecified atom stereocenters. The van der Waals surface area contributed by atoms with Gasteiger partial charge in [-0.25, -0.2) is 0 Å². The lowest BCUT2D eigenvalue weighted by Gasteiger charge is -2.28. The van der Waals surface area contributed by atoms with Gasteiger partial charge in [0.1, 0.15) is 0 Å². The van der Waals surface area contributed by atoms with Crippen molar-refractivity contribution in [2.75, 3.05) is 26.3 Å². The van der Waals surface area contributed by atoms with Crippen molar-refractivity contribution in [2.45, 2.75) is 17.4 Å². The lowest BCUT2D eigenvalue weighted by Crippen LogP contribution is -2.44. The summed E-state index contributed by atoms with van der Waals surface area (Å²) < 4.78 is 10.8. The maximum absolute atomic E-state index is 12.3. The maximum atomic E-state index is 12.3. The summed E-state index contributed by atoms with van der Waals surface area (Å²) in [6, 6.07) is 3.65.